The standard InChI is InChI=1S/C14H13NO5/c16-8-5-7(6-8)11(14(19)20)15-12(17)9-3-1-2-4-10(9)13(15)18/h1-4,7-8,11,16H,5-6H2,(H,19,20)/t7-,8-,11-/m1/s1. The first-order valence-corrected chi connectivity index (χ1v) is 6.38. The molecule has 2 aliphatic rings. The largest absolute Gasteiger partial charge is 0.480 e. The number of hydrogen-bond acceptors (Lipinski definition) is 4. The van der Waals surface area contributed by atoms with Crippen LogP contribution in [0.3, 0.4) is 0 Å². The van der Waals surface area contributed by atoms with E-state index in [1.807, 2.05) is 0 Å². The molecule has 2 N–H and O–H groups in total. The van der Waals surface area contributed by atoms with Crippen LogP contribution in [-0.4, -0.2) is 45.0 Å². The van der Waals surface area contributed by atoms with Crippen LogP contribution in [0.1, 0.15) is 33.6 Å². The number of fused-ring (bicyclic) bond motifs is 1. The SMILES string of the molecule is O=C(O)[C@@H]([C@H]1C[C@H](O)C1)N1C(=O)c2ccccc2C1=O. The van der Waals surface area contributed by atoms with Crippen molar-refractivity contribution in [2.45, 2.75) is 25.0 Å². The van der Waals surface area contributed by atoms with Crippen molar-refractivity contribution in [2.24, 2.45) is 5.92 Å². The smallest absolute Gasteiger partial charge is 0.327 e. The predicted molar refractivity (Wildman–Crippen MR) is 67.1 cm³/mol. The van der Waals surface area contributed by atoms with Crippen molar-refractivity contribution < 1.29 is 24.6 Å². The van der Waals surface area contributed by atoms with Gasteiger partial charge in [0.05, 0.1) is 17.2 Å². The van der Waals surface area contributed by atoms with Crippen LogP contribution in [0.25, 0.3) is 0 Å². The molecule has 1 atom stereocenters. The second-order valence-corrected chi connectivity index (χ2v) is 5.19. The lowest BCUT2D eigenvalue weighted by atomic mass is 9.76. The van der Waals surface area contributed by atoms with Crippen molar-refractivity contribution in [3.63, 3.8) is 0 Å². The summed E-state index contributed by atoms with van der Waals surface area (Å²) in [5, 5.41) is 18.7. The Bertz CT molecular complexity index is 570. The van der Waals surface area contributed by atoms with Crippen LogP contribution < -0.4 is 0 Å². The summed E-state index contributed by atoms with van der Waals surface area (Å²) in [6, 6.07) is 5.10. The number of hydrogen-bond donors (Lipinski definition) is 2. The van der Waals surface area contributed by atoms with E-state index < -0.39 is 29.9 Å². The van der Waals surface area contributed by atoms with Crippen molar-refractivity contribution in [2.75, 3.05) is 0 Å². The summed E-state index contributed by atoms with van der Waals surface area (Å²) < 4.78 is 0. The number of benzene rings is 1. The molecule has 6 heteroatoms. The van der Waals surface area contributed by atoms with Gasteiger partial charge in [-0.3, -0.25) is 14.5 Å². The molecular weight excluding hydrogens is 262 g/mol. The molecule has 1 saturated carbocycles. The number of nitrogens with zero attached hydrogens (tertiary/aromatic N) is 1. The molecule has 1 fully saturated rings. The Morgan fingerprint density at radius 2 is 1.65 bits per heavy atom. The fraction of sp³-hybridized carbons (Fsp3) is 0.357. The fourth-order valence-electron chi connectivity index (χ4n) is 2.87. The summed E-state index contributed by atoms with van der Waals surface area (Å²) in [7, 11) is 0. The average molecular weight is 275 g/mol. The number of carbonyl (C=O) groups is 3. The van der Waals surface area contributed by atoms with E-state index >= 15 is 0 Å². The summed E-state index contributed by atoms with van der Waals surface area (Å²) >= 11 is 0. The summed E-state index contributed by atoms with van der Waals surface area (Å²) in [4.78, 5) is 36.8. The van der Waals surface area contributed by atoms with Crippen LogP contribution >= 0.6 is 0 Å². The normalized spacial score (nSPS) is 26.1. The molecule has 1 aromatic carbocycles. The molecule has 3 rings (SSSR count). The van der Waals surface area contributed by atoms with E-state index in [9.17, 15) is 24.6 Å². The zero-order valence-electron chi connectivity index (χ0n) is 10.5. The number of carbonyl (C=O) groups excluding carboxylic acids is 2. The molecule has 1 aliphatic carbocycles. The van der Waals surface area contributed by atoms with Crippen molar-refractivity contribution in [3.8, 4) is 0 Å². The molecule has 0 saturated heterocycles. The quantitative estimate of drug-likeness (QED) is 0.783. The molecule has 1 aromatic rings. The number of imide groups is 1. The first kappa shape index (κ1) is 12.8. The Balaban J connectivity index is 1.96. The number of rotatable bonds is 3. The molecule has 6 nitrogen and oxygen atoms in total. The van der Waals surface area contributed by atoms with Crippen LogP contribution in [-0.2, 0) is 4.79 Å². The molecule has 2 amide bonds. The van der Waals surface area contributed by atoms with Gasteiger partial charge in [0.2, 0.25) is 0 Å². The highest BCUT2D eigenvalue weighted by molar-refractivity contribution is 6.22. The lowest BCUT2D eigenvalue weighted by Gasteiger charge is -2.38. The number of aliphatic carboxylic acids is 1. The first-order chi connectivity index (χ1) is 9.50. The van der Waals surface area contributed by atoms with Gasteiger partial charge in [-0.15, -0.1) is 0 Å². The second-order valence-electron chi connectivity index (χ2n) is 5.19. The summed E-state index contributed by atoms with van der Waals surface area (Å²) in [6.07, 6.45) is 0.0476. The van der Waals surface area contributed by atoms with E-state index in [-0.39, 0.29) is 17.0 Å². The Kier molecular flexibility index (Phi) is 2.83. The van der Waals surface area contributed by atoms with E-state index in [0.717, 1.165) is 4.90 Å². The van der Waals surface area contributed by atoms with Gasteiger partial charge in [-0.2, -0.15) is 0 Å². The van der Waals surface area contributed by atoms with Gasteiger partial charge in [0, 0.05) is 0 Å². The highest BCUT2D eigenvalue weighted by Crippen LogP contribution is 2.36. The van der Waals surface area contributed by atoms with Crippen molar-refractivity contribution in [1.29, 1.82) is 0 Å². The van der Waals surface area contributed by atoms with Gasteiger partial charge in [0.1, 0.15) is 6.04 Å². The topological polar surface area (TPSA) is 94.9 Å². The summed E-state index contributed by atoms with van der Waals surface area (Å²) in [6.45, 7) is 0. The summed E-state index contributed by atoms with van der Waals surface area (Å²) in [5.74, 6) is -2.74. The van der Waals surface area contributed by atoms with E-state index in [1.165, 1.54) is 12.1 Å². The molecule has 1 aliphatic heterocycles. The van der Waals surface area contributed by atoms with Gasteiger partial charge in [-0.1, -0.05) is 12.1 Å². The molecule has 0 unspecified atom stereocenters. The van der Waals surface area contributed by atoms with E-state index in [1.54, 1.807) is 12.1 Å². The highest BCUT2D eigenvalue weighted by Gasteiger charge is 2.49. The lowest BCUT2D eigenvalue weighted by Crippen LogP contribution is -2.53. The molecule has 104 valence electrons. The number of amides is 2. The number of carboxylic acids is 1. The lowest BCUT2D eigenvalue weighted by molar-refractivity contribution is -0.146. The van der Waals surface area contributed by atoms with Gasteiger partial charge in [0.15, 0.2) is 0 Å². The second kappa shape index (κ2) is 4.42. The minimum atomic E-state index is -1.21. The Hall–Kier alpha value is -2.21. The van der Waals surface area contributed by atoms with E-state index in [2.05, 4.69) is 0 Å². The van der Waals surface area contributed by atoms with E-state index in [0.29, 0.717) is 12.8 Å². The maximum atomic E-state index is 12.3. The first-order valence-electron chi connectivity index (χ1n) is 6.38. The minimum Gasteiger partial charge on any atom is -0.480 e. The van der Waals surface area contributed by atoms with E-state index in [4.69, 9.17) is 0 Å². The zero-order valence-corrected chi connectivity index (χ0v) is 10.5. The Morgan fingerprint density at radius 3 is 2.05 bits per heavy atom. The summed E-state index contributed by atoms with van der Waals surface area (Å²) in [5.41, 5.74) is 0.479. The van der Waals surface area contributed by atoms with Crippen molar-refractivity contribution >= 4 is 17.8 Å². The van der Waals surface area contributed by atoms with Gasteiger partial charge < -0.3 is 10.2 Å². The Morgan fingerprint density at radius 1 is 1.15 bits per heavy atom. The van der Waals surface area contributed by atoms with Crippen LogP contribution in [0.15, 0.2) is 24.3 Å². The monoisotopic (exact) mass is 275 g/mol. The number of aliphatic hydroxyl groups is 1. The molecular formula is C14H13NO5. The average Bonchev–Trinajstić information content (AvgIpc) is 2.62. The third kappa shape index (κ3) is 1.72. The van der Waals surface area contributed by atoms with Crippen LogP contribution in [0, 0.1) is 5.92 Å². The van der Waals surface area contributed by atoms with Crippen molar-refractivity contribution in [1.82, 2.24) is 4.90 Å². The highest BCUT2D eigenvalue weighted by atomic mass is 16.4. The van der Waals surface area contributed by atoms with Gasteiger partial charge in [0.25, 0.3) is 11.8 Å². The Labute approximate surface area is 114 Å². The number of carboxylic acid groups (broad SMARTS) is 1. The minimum absolute atomic E-state index is 0.239. The van der Waals surface area contributed by atoms with Crippen LogP contribution in [0.5, 0.6) is 0 Å². The van der Waals surface area contributed by atoms with Crippen LogP contribution in [0.2, 0.25) is 0 Å². The predicted octanol–water partition coefficient (Wildman–Crippen LogP) is 0.507. The number of aliphatic hydroxyl groups excluding tert-OH is 1. The fourth-order valence-corrected chi connectivity index (χ4v) is 2.87. The van der Waals surface area contributed by atoms with Gasteiger partial charge >= 0.3 is 5.97 Å². The molecule has 1 heterocycles. The molecule has 20 heavy (non-hydrogen) atoms. The molecule has 0 aromatic heterocycles. The van der Waals surface area contributed by atoms with Gasteiger partial charge in [-0.25, -0.2) is 4.79 Å². The van der Waals surface area contributed by atoms with Gasteiger partial charge in [-0.05, 0) is 30.9 Å². The van der Waals surface area contributed by atoms with Crippen molar-refractivity contribution in [3.05, 3.63) is 35.4 Å². The third-order valence-corrected chi connectivity index (χ3v) is 3.95. The molecule has 0 spiro atoms. The maximum absolute atomic E-state index is 12.3. The van der Waals surface area contributed by atoms with Crippen LogP contribution in [0.4, 0.5) is 0 Å². The third-order valence-electron chi connectivity index (χ3n) is 3.95. The zero-order chi connectivity index (χ0) is 14.4. The molecule has 0 radical (unpaired) electrons. The maximum Gasteiger partial charge on any atom is 0.327 e. The molecule has 0 bridgehead atoms.